The van der Waals surface area contributed by atoms with Crippen molar-refractivity contribution in [3.63, 3.8) is 0 Å². The molecule has 59 heavy (non-hydrogen) atoms. The summed E-state index contributed by atoms with van der Waals surface area (Å²) in [5.74, 6) is 3.66. The molecule has 0 fully saturated rings. The molecular weight excluding hydrogens is 810 g/mol. The Bertz CT molecular complexity index is 2370. The van der Waals surface area contributed by atoms with Gasteiger partial charge in [-0.1, -0.05) is 48.5 Å². The van der Waals surface area contributed by atoms with Crippen molar-refractivity contribution in [2.75, 3.05) is 0 Å². The molecule has 0 saturated heterocycles. The summed E-state index contributed by atoms with van der Waals surface area (Å²) in [6, 6.07) is 31.7. The number of nitrogens with zero attached hydrogens (tertiary/aromatic N) is 2. The van der Waals surface area contributed by atoms with Crippen molar-refractivity contribution in [2.45, 2.75) is 12.4 Å². The van der Waals surface area contributed by atoms with Gasteiger partial charge in [0.2, 0.25) is 11.8 Å². The van der Waals surface area contributed by atoms with Gasteiger partial charge in [-0.15, -0.1) is 0 Å². The van der Waals surface area contributed by atoms with Crippen LogP contribution in [0.2, 0.25) is 0 Å². The number of pyridine rings is 2. The van der Waals surface area contributed by atoms with Crippen LogP contribution in [-0.2, 0) is 12.4 Å². The van der Waals surface area contributed by atoms with Crippen LogP contribution in [0.25, 0.3) is 0 Å². The van der Waals surface area contributed by atoms with Crippen molar-refractivity contribution in [2.24, 2.45) is 5.84 Å². The molecule has 0 radical (unpaired) electrons. The van der Waals surface area contributed by atoms with Crippen LogP contribution in [0.3, 0.4) is 0 Å². The molecule has 19 heteroatoms. The fourth-order valence-corrected chi connectivity index (χ4v) is 4.62. The van der Waals surface area contributed by atoms with Crippen LogP contribution >= 0.6 is 11.6 Å². The zero-order chi connectivity index (χ0) is 43.0. The van der Waals surface area contributed by atoms with E-state index in [9.17, 15) is 45.5 Å². The Hall–Kier alpha value is -7.31. The number of alkyl halides is 6. The molecule has 0 spiro atoms. The SMILES string of the molecule is NNC(=O)c1cccc(C(F)(F)F)c1.O=C(Cl)c1cccnc1Oc1ccccc1.O=C(NNC(=O)c1cccnc1Oc1ccccc1)c1cccc(C(F)(F)F)c1. The van der Waals surface area contributed by atoms with E-state index in [0.717, 1.165) is 30.3 Å². The van der Waals surface area contributed by atoms with Gasteiger partial charge in [-0.2, -0.15) is 26.3 Å². The highest BCUT2D eigenvalue weighted by Gasteiger charge is 2.32. The Morgan fingerprint density at radius 3 is 1.39 bits per heavy atom. The van der Waals surface area contributed by atoms with E-state index in [1.54, 1.807) is 66.2 Å². The molecule has 2 aromatic heterocycles. The molecule has 0 saturated carbocycles. The van der Waals surface area contributed by atoms with Crippen LogP contribution in [0.4, 0.5) is 26.3 Å². The van der Waals surface area contributed by atoms with Gasteiger partial charge in [0.15, 0.2) is 0 Å². The maximum atomic E-state index is 12.8. The number of carbonyl (C=O) groups excluding carboxylic acids is 4. The minimum atomic E-state index is -4.58. The summed E-state index contributed by atoms with van der Waals surface area (Å²) in [5.41, 5.74) is 4.03. The number of hydrogen-bond acceptors (Lipinski definition) is 9. The monoisotopic (exact) mass is 838 g/mol. The lowest BCUT2D eigenvalue weighted by molar-refractivity contribution is -0.138. The van der Waals surface area contributed by atoms with Crippen LogP contribution in [0.15, 0.2) is 146 Å². The summed E-state index contributed by atoms with van der Waals surface area (Å²) in [7, 11) is 0. The quantitative estimate of drug-likeness (QED) is 0.0385. The number of benzene rings is 4. The molecule has 4 aromatic carbocycles. The molecule has 2 heterocycles. The molecule has 6 aromatic rings. The van der Waals surface area contributed by atoms with E-state index in [2.05, 4.69) is 20.8 Å². The van der Waals surface area contributed by atoms with Gasteiger partial charge in [0.1, 0.15) is 17.1 Å². The molecule has 0 aliphatic rings. The highest BCUT2D eigenvalue weighted by atomic mass is 35.5. The number of hydrazine groups is 2. The molecule has 12 nitrogen and oxygen atoms in total. The number of nitrogen functional groups attached to an aromatic ring is 1. The third-order valence-electron chi connectivity index (χ3n) is 7.24. The summed E-state index contributed by atoms with van der Waals surface area (Å²) in [6.07, 6.45) is -6.07. The molecule has 3 amide bonds. The fourth-order valence-electron chi connectivity index (χ4n) is 4.48. The van der Waals surface area contributed by atoms with Crippen molar-refractivity contribution in [1.82, 2.24) is 26.2 Å². The van der Waals surface area contributed by atoms with E-state index in [0.29, 0.717) is 17.6 Å². The molecule has 5 N–H and O–H groups in total. The Balaban J connectivity index is 0.000000216. The average Bonchev–Trinajstić information content (AvgIpc) is 3.23. The smallest absolute Gasteiger partial charge is 0.416 e. The van der Waals surface area contributed by atoms with E-state index in [1.807, 2.05) is 18.2 Å². The van der Waals surface area contributed by atoms with Gasteiger partial charge in [0.05, 0.1) is 16.7 Å². The molecule has 0 bridgehead atoms. The minimum absolute atomic E-state index is 0.00418. The number of ether oxygens (including phenoxy) is 2. The van der Waals surface area contributed by atoms with E-state index in [4.69, 9.17) is 26.9 Å². The first-order chi connectivity index (χ1) is 28.1. The number of nitrogens with two attached hydrogens (primary N) is 1. The van der Waals surface area contributed by atoms with E-state index in [-0.39, 0.29) is 34.0 Å². The lowest BCUT2D eigenvalue weighted by atomic mass is 10.1. The van der Waals surface area contributed by atoms with Gasteiger partial charge < -0.3 is 9.47 Å². The molecule has 0 unspecified atom stereocenters. The zero-order valence-electron chi connectivity index (χ0n) is 29.9. The Labute approximate surface area is 335 Å². The Morgan fingerprint density at radius 1 is 0.525 bits per heavy atom. The van der Waals surface area contributed by atoms with Gasteiger partial charge in [-0.05, 0) is 96.5 Å². The number of para-hydroxylation sites is 2. The lowest BCUT2D eigenvalue weighted by Gasteiger charge is -2.12. The Kier molecular flexibility index (Phi) is 15.6. The van der Waals surface area contributed by atoms with Gasteiger partial charge in [-0.25, -0.2) is 15.8 Å². The number of nitrogens with one attached hydrogen (secondary N) is 3. The first-order valence-electron chi connectivity index (χ1n) is 16.6. The summed E-state index contributed by atoms with van der Waals surface area (Å²) < 4.78 is 85.8. The van der Waals surface area contributed by atoms with Gasteiger partial charge in [0, 0.05) is 23.5 Å². The Morgan fingerprint density at radius 2 is 0.949 bits per heavy atom. The van der Waals surface area contributed by atoms with Crippen LogP contribution in [0.5, 0.6) is 23.3 Å². The number of halogens is 7. The number of aromatic nitrogens is 2. The first-order valence-corrected chi connectivity index (χ1v) is 17.0. The van der Waals surface area contributed by atoms with Crippen molar-refractivity contribution in [3.8, 4) is 23.3 Å². The number of carbonyl (C=O) groups is 4. The predicted octanol–water partition coefficient (Wildman–Crippen LogP) is 8.53. The average molecular weight is 839 g/mol. The molecule has 304 valence electrons. The summed E-state index contributed by atoms with van der Waals surface area (Å²) in [5, 5.41) is -0.584. The predicted molar refractivity (Wildman–Crippen MR) is 201 cm³/mol. The van der Waals surface area contributed by atoms with Crippen LogP contribution < -0.4 is 31.6 Å². The molecule has 0 aliphatic carbocycles. The van der Waals surface area contributed by atoms with Crippen molar-refractivity contribution >= 4 is 34.6 Å². The molecule has 0 aliphatic heterocycles. The second-order valence-corrected chi connectivity index (χ2v) is 11.7. The zero-order valence-corrected chi connectivity index (χ0v) is 30.7. The fraction of sp³-hybridized carbons (Fsp3) is 0.0500. The standard InChI is InChI=1S/C20H14F3N3O3.C12H8ClNO2.C8H7F3N2O/c21-20(22,23)14-7-4-6-13(12-14)17(27)25-26-18(28)16-10-5-11-24-19(16)29-15-8-2-1-3-9-15;13-11(15)10-7-4-8-14-12(10)16-9-5-2-1-3-6-9;9-8(10,11)6-3-1-2-5(4-6)7(14)13-12/h1-12H,(H,25,27)(H,26,28);1-8H;1-4H,12H2,(H,13,14). The maximum absolute atomic E-state index is 12.8. The van der Waals surface area contributed by atoms with Crippen LogP contribution in [-0.4, -0.2) is 32.9 Å². The number of hydrogen-bond donors (Lipinski definition) is 4. The highest BCUT2D eigenvalue weighted by molar-refractivity contribution is 6.68. The third-order valence-corrected chi connectivity index (χ3v) is 7.44. The molecule has 0 atom stereocenters. The van der Waals surface area contributed by atoms with Crippen LogP contribution in [0.1, 0.15) is 52.6 Å². The van der Waals surface area contributed by atoms with Crippen LogP contribution in [0, 0.1) is 0 Å². The van der Waals surface area contributed by atoms with Crippen molar-refractivity contribution in [3.05, 3.63) is 179 Å². The largest absolute Gasteiger partial charge is 0.438 e. The van der Waals surface area contributed by atoms with Gasteiger partial charge >= 0.3 is 12.4 Å². The lowest BCUT2D eigenvalue weighted by Crippen LogP contribution is -2.41. The van der Waals surface area contributed by atoms with Gasteiger partial charge in [0.25, 0.3) is 23.0 Å². The summed E-state index contributed by atoms with van der Waals surface area (Å²) >= 11 is 5.42. The number of rotatable bonds is 8. The maximum Gasteiger partial charge on any atom is 0.416 e. The van der Waals surface area contributed by atoms with E-state index in [1.165, 1.54) is 30.5 Å². The topological polar surface area (TPSA) is 175 Å². The molecular formula is C40H29ClF6N6O6. The normalized spacial score (nSPS) is 10.6. The number of amides is 3. The highest BCUT2D eigenvalue weighted by Crippen LogP contribution is 2.31. The third kappa shape index (κ3) is 13.7. The van der Waals surface area contributed by atoms with Crippen molar-refractivity contribution < 1.29 is 55.0 Å². The van der Waals surface area contributed by atoms with Gasteiger partial charge in [-0.3, -0.25) is 35.5 Å². The van der Waals surface area contributed by atoms with E-state index >= 15 is 0 Å². The first kappa shape index (κ1) is 44.4. The summed E-state index contributed by atoms with van der Waals surface area (Å²) in [4.78, 5) is 54.4. The second kappa shape index (κ2) is 20.7. The molecule has 6 rings (SSSR count). The van der Waals surface area contributed by atoms with Crippen molar-refractivity contribution in [1.29, 1.82) is 0 Å². The summed E-state index contributed by atoms with van der Waals surface area (Å²) in [6.45, 7) is 0. The second-order valence-electron chi connectivity index (χ2n) is 11.4. The van der Waals surface area contributed by atoms with E-state index < -0.39 is 46.4 Å². The minimum Gasteiger partial charge on any atom is -0.438 e.